The van der Waals surface area contributed by atoms with Gasteiger partial charge in [0.15, 0.2) is 0 Å². The van der Waals surface area contributed by atoms with Crippen LogP contribution in [-0.4, -0.2) is 26.1 Å². The number of ether oxygens (including phenoxy) is 1. The fourth-order valence-electron chi connectivity index (χ4n) is 1.46. The third-order valence-electron chi connectivity index (χ3n) is 2.80. The first kappa shape index (κ1) is 13.5. The van der Waals surface area contributed by atoms with Gasteiger partial charge in [0.05, 0.1) is 7.11 Å². The lowest BCUT2D eigenvalue weighted by Gasteiger charge is -2.19. The van der Waals surface area contributed by atoms with Crippen molar-refractivity contribution >= 4 is 11.6 Å². The summed E-state index contributed by atoms with van der Waals surface area (Å²) < 4.78 is 5.07. The van der Waals surface area contributed by atoms with E-state index in [0.717, 1.165) is 17.9 Å². The maximum atomic E-state index is 11.9. The van der Waals surface area contributed by atoms with E-state index in [1.807, 2.05) is 31.2 Å². The van der Waals surface area contributed by atoms with Gasteiger partial charge < -0.3 is 15.4 Å². The van der Waals surface area contributed by atoms with Crippen LogP contribution in [0.25, 0.3) is 0 Å². The molecular weight excluding hydrogens is 216 g/mol. The highest BCUT2D eigenvalue weighted by Gasteiger charge is 2.13. The third kappa shape index (κ3) is 3.75. The molecular formula is C13H20N2O2. The molecule has 4 heteroatoms. The fraction of sp³-hybridized carbons (Fsp3) is 0.462. The number of carbonyl (C=O) groups excluding carboxylic acids is 1. The van der Waals surface area contributed by atoms with Crippen LogP contribution in [0.3, 0.4) is 0 Å². The Bertz CT molecular complexity index is 362. The van der Waals surface area contributed by atoms with Gasteiger partial charge in [-0.25, -0.2) is 0 Å². The summed E-state index contributed by atoms with van der Waals surface area (Å²) in [5.74, 6) is 0.810. The van der Waals surface area contributed by atoms with E-state index in [1.54, 1.807) is 19.1 Å². The van der Waals surface area contributed by atoms with E-state index in [9.17, 15) is 4.79 Å². The Kier molecular flexibility index (Phi) is 4.97. The highest BCUT2D eigenvalue weighted by molar-refractivity contribution is 5.93. The zero-order valence-corrected chi connectivity index (χ0v) is 10.6. The highest BCUT2D eigenvalue weighted by atomic mass is 16.5. The monoisotopic (exact) mass is 236 g/mol. The minimum Gasteiger partial charge on any atom is -0.497 e. The molecule has 0 bridgehead atoms. The van der Waals surface area contributed by atoms with Crippen LogP contribution in [0.1, 0.15) is 19.8 Å². The normalized spacial score (nSPS) is 12.0. The molecule has 0 aromatic heterocycles. The number of rotatable bonds is 5. The second-order valence-corrected chi connectivity index (χ2v) is 4.02. The SMILES string of the molecule is CCC(N)CC(=O)N(C)c1ccc(OC)cc1. The van der Waals surface area contributed by atoms with Crippen molar-refractivity contribution in [2.75, 3.05) is 19.1 Å². The lowest BCUT2D eigenvalue weighted by Crippen LogP contribution is -2.32. The summed E-state index contributed by atoms with van der Waals surface area (Å²) in [5, 5.41) is 0. The lowest BCUT2D eigenvalue weighted by atomic mass is 10.1. The molecule has 17 heavy (non-hydrogen) atoms. The van der Waals surface area contributed by atoms with Crippen LogP contribution in [0.4, 0.5) is 5.69 Å². The van der Waals surface area contributed by atoms with Crippen molar-refractivity contribution in [3.05, 3.63) is 24.3 Å². The average molecular weight is 236 g/mol. The van der Waals surface area contributed by atoms with Crippen molar-refractivity contribution in [2.24, 2.45) is 5.73 Å². The van der Waals surface area contributed by atoms with Gasteiger partial charge in [0.1, 0.15) is 5.75 Å². The summed E-state index contributed by atoms with van der Waals surface area (Å²) in [6.07, 6.45) is 1.18. The van der Waals surface area contributed by atoms with Crippen LogP contribution < -0.4 is 15.4 Å². The third-order valence-corrected chi connectivity index (χ3v) is 2.80. The Labute approximate surface area is 102 Å². The molecule has 2 N–H and O–H groups in total. The van der Waals surface area contributed by atoms with Gasteiger partial charge in [0.2, 0.25) is 5.91 Å². The predicted octanol–water partition coefficient (Wildman–Crippen LogP) is 1.79. The molecule has 0 spiro atoms. The molecule has 0 aliphatic rings. The number of methoxy groups -OCH3 is 1. The molecule has 0 fully saturated rings. The quantitative estimate of drug-likeness (QED) is 0.848. The molecule has 1 amide bonds. The number of amides is 1. The number of benzene rings is 1. The van der Waals surface area contributed by atoms with Gasteiger partial charge in [0, 0.05) is 25.2 Å². The number of nitrogens with two attached hydrogens (primary N) is 1. The van der Waals surface area contributed by atoms with Gasteiger partial charge in [-0.2, -0.15) is 0 Å². The Balaban J connectivity index is 2.67. The van der Waals surface area contributed by atoms with Crippen molar-refractivity contribution in [1.82, 2.24) is 0 Å². The second-order valence-electron chi connectivity index (χ2n) is 4.02. The largest absolute Gasteiger partial charge is 0.497 e. The Morgan fingerprint density at radius 3 is 2.47 bits per heavy atom. The smallest absolute Gasteiger partial charge is 0.228 e. The number of nitrogens with zero attached hydrogens (tertiary/aromatic N) is 1. The fourth-order valence-corrected chi connectivity index (χ4v) is 1.46. The first-order chi connectivity index (χ1) is 8.08. The van der Waals surface area contributed by atoms with E-state index in [-0.39, 0.29) is 11.9 Å². The standard InChI is InChI=1S/C13H20N2O2/c1-4-10(14)9-13(16)15(2)11-5-7-12(17-3)8-6-11/h5-8,10H,4,9,14H2,1-3H3. The molecule has 0 saturated heterocycles. The van der Waals surface area contributed by atoms with Crippen molar-refractivity contribution < 1.29 is 9.53 Å². The van der Waals surface area contributed by atoms with Crippen molar-refractivity contribution in [2.45, 2.75) is 25.8 Å². The molecule has 0 saturated carbocycles. The zero-order valence-electron chi connectivity index (χ0n) is 10.6. The topological polar surface area (TPSA) is 55.6 Å². The Morgan fingerprint density at radius 2 is 2.00 bits per heavy atom. The summed E-state index contributed by atoms with van der Waals surface area (Å²) in [6, 6.07) is 7.31. The van der Waals surface area contributed by atoms with E-state index in [2.05, 4.69) is 0 Å². The summed E-state index contributed by atoms with van der Waals surface area (Å²) in [4.78, 5) is 13.5. The summed E-state index contributed by atoms with van der Waals surface area (Å²) in [6.45, 7) is 1.98. The van der Waals surface area contributed by atoms with Crippen molar-refractivity contribution in [3.63, 3.8) is 0 Å². The molecule has 4 nitrogen and oxygen atoms in total. The maximum Gasteiger partial charge on any atom is 0.228 e. The predicted molar refractivity (Wildman–Crippen MR) is 69.3 cm³/mol. The average Bonchev–Trinajstić information content (AvgIpc) is 2.37. The van der Waals surface area contributed by atoms with Gasteiger partial charge in [-0.15, -0.1) is 0 Å². The van der Waals surface area contributed by atoms with Crippen LogP contribution in [0.5, 0.6) is 5.75 Å². The van der Waals surface area contributed by atoms with E-state index in [0.29, 0.717) is 6.42 Å². The van der Waals surface area contributed by atoms with Crippen molar-refractivity contribution in [1.29, 1.82) is 0 Å². The van der Waals surface area contributed by atoms with E-state index in [4.69, 9.17) is 10.5 Å². The molecule has 1 aromatic rings. The minimum atomic E-state index is -0.0665. The van der Waals surface area contributed by atoms with Gasteiger partial charge in [-0.1, -0.05) is 6.92 Å². The zero-order chi connectivity index (χ0) is 12.8. The molecule has 1 atom stereocenters. The van der Waals surface area contributed by atoms with E-state index >= 15 is 0 Å². The van der Waals surface area contributed by atoms with Gasteiger partial charge in [0.25, 0.3) is 0 Å². The van der Waals surface area contributed by atoms with E-state index < -0.39 is 0 Å². The van der Waals surface area contributed by atoms with Gasteiger partial charge >= 0.3 is 0 Å². The van der Waals surface area contributed by atoms with Gasteiger partial charge in [-0.3, -0.25) is 4.79 Å². The van der Waals surface area contributed by atoms with Gasteiger partial charge in [-0.05, 0) is 30.7 Å². The Morgan fingerprint density at radius 1 is 1.41 bits per heavy atom. The molecule has 0 aliphatic heterocycles. The number of anilines is 1. The second kappa shape index (κ2) is 6.25. The molecule has 0 aliphatic carbocycles. The molecule has 1 rings (SSSR count). The van der Waals surface area contributed by atoms with Crippen LogP contribution in [0.15, 0.2) is 24.3 Å². The summed E-state index contributed by atoms with van der Waals surface area (Å²) in [7, 11) is 3.37. The van der Waals surface area contributed by atoms with Crippen molar-refractivity contribution in [3.8, 4) is 5.75 Å². The van der Waals surface area contributed by atoms with Crippen LogP contribution in [0, 0.1) is 0 Å². The molecule has 1 unspecified atom stereocenters. The number of hydrogen-bond donors (Lipinski definition) is 1. The summed E-state index contributed by atoms with van der Waals surface area (Å²) >= 11 is 0. The van der Waals surface area contributed by atoms with Crippen LogP contribution in [-0.2, 0) is 4.79 Å². The minimum absolute atomic E-state index is 0.0320. The van der Waals surface area contributed by atoms with E-state index in [1.165, 1.54) is 0 Å². The highest BCUT2D eigenvalue weighted by Crippen LogP contribution is 2.18. The molecule has 94 valence electrons. The molecule has 0 radical (unpaired) electrons. The summed E-state index contributed by atoms with van der Waals surface area (Å²) in [5.41, 5.74) is 6.61. The first-order valence-electron chi connectivity index (χ1n) is 5.74. The van der Waals surface area contributed by atoms with Crippen LogP contribution >= 0.6 is 0 Å². The Hall–Kier alpha value is -1.55. The lowest BCUT2D eigenvalue weighted by molar-refractivity contribution is -0.118. The van der Waals surface area contributed by atoms with Crippen LogP contribution in [0.2, 0.25) is 0 Å². The first-order valence-corrected chi connectivity index (χ1v) is 5.74. The maximum absolute atomic E-state index is 11.9. The number of carbonyl (C=O) groups is 1. The molecule has 0 heterocycles. The molecule has 1 aromatic carbocycles. The number of hydrogen-bond acceptors (Lipinski definition) is 3.